The maximum Gasteiger partial charge on any atom is 0.355 e. The average Bonchev–Trinajstić information content (AvgIpc) is 2.99. The third kappa shape index (κ3) is 4.97. The van der Waals surface area contributed by atoms with Crippen LogP contribution in [-0.4, -0.2) is 47.2 Å². The number of aryl methyl sites for hydroxylation is 1. The summed E-state index contributed by atoms with van der Waals surface area (Å²) in [5.74, 6) is -0.947. The molecule has 1 amide bonds. The molecule has 0 bridgehead atoms. The summed E-state index contributed by atoms with van der Waals surface area (Å²) >= 11 is 0. The van der Waals surface area contributed by atoms with Crippen LogP contribution in [0, 0.1) is 13.8 Å². The normalized spacial score (nSPS) is 10.9. The second-order valence-electron chi connectivity index (χ2n) is 6.37. The topological polar surface area (TPSA) is 79.5 Å². The standard InChI is InChI=1S/C22H26N2O4/c1-5-24(19(26)13-12-17-10-8-7-9-11-17)14-18(25)20-15(3)21(23-16(20)4)22(27)28-6-2/h7-13,23H,5-6,14H2,1-4H3/b13-12+. The molecule has 0 saturated carbocycles. The fourth-order valence-electron chi connectivity index (χ4n) is 3.01. The molecule has 1 N–H and O–H groups in total. The number of hydrogen-bond acceptors (Lipinski definition) is 4. The van der Waals surface area contributed by atoms with Crippen molar-refractivity contribution >= 4 is 23.7 Å². The van der Waals surface area contributed by atoms with Crippen LogP contribution in [0.1, 0.15) is 51.5 Å². The molecule has 1 aromatic carbocycles. The van der Waals surface area contributed by atoms with E-state index in [9.17, 15) is 14.4 Å². The van der Waals surface area contributed by atoms with Crippen LogP contribution >= 0.6 is 0 Å². The zero-order valence-corrected chi connectivity index (χ0v) is 16.7. The molecule has 0 atom stereocenters. The third-order valence-corrected chi connectivity index (χ3v) is 4.44. The molecule has 0 aliphatic carbocycles. The fraction of sp³-hybridized carbons (Fsp3) is 0.318. The van der Waals surface area contributed by atoms with Crippen LogP contribution in [-0.2, 0) is 9.53 Å². The van der Waals surface area contributed by atoms with Gasteiger partial charge in [0.2, 0.25) is 5.91 Å². The van der Waals surface area contributed by atoms with Gasteiger partial charge in [-0.2, -0.15) is 0 Å². The number of hydrogen-bond donors (Lipinski definition) is 1. The van der Waals surface area contributed by atoms with Gasteiger partial charge in [-0.05, 0) is 44.9 Å². The number of Topliss-reactive ketones (excluding diaryl/α,β-unsaturated/α-hetero) is 1. The van der Waals surface area contributed by atoms with Crippen LogP contribution < -0.4 is 0 Å². The highest BCUT2D eigenvalue weighted by atomic mass is 16.5. The quantitative estimate of drug-likeness (QED) is 0.430. The Balaban J connectivity index is 2.15. The van der Waals surface area contributed by atoms with E-state index in [1.807, 2.05) is 37.3 Å². The Morgan fingerprint density at radius 1 is 1.11 bits per heavy atom. The number of carbonyl (C=O) groups excluding carboxylic acids is 3. The number of benzene rings is 1. The molecule has 0 saturated heterocycles. The maximum atomic E-state index is 12.8. The highest BCUT2D eigenvalue weighted by Crippen LogP contribution is 2.20. The molecule has 28 heavy (non-hydrogen) atoms. The van der Waals surface area contributed by atoms with Crippen LogP contribution in [0.25, 0.3) is 6.08 Å². The van der Waals surface area contributed by atoms with E-state index in [1.165, 1.54) is 11.0 Å². The molecule has 0 radical (unpaired) electrons. The molecule has 0 aliphatic heterocycles. The first-order valence-corrected chi connectivity index (χ1v) is 9.30. The summed E-state index contributed by atoms with van der Waals surface area (Å²) in [5.41, 5.74) is 2.76. The largest absolute Gasteiger partial charge is 0.461 e. The van der Waals surface area contributed by atoms with E-state index in [-0.39, 0.29) is 30.5 Å². The number of ether oxygens (including phenoxy) is 1. The van der Waals surface area contributed by atoms with Gasteiger partial charge in [0.25, 0.3) is 0 Å². The summed E-state index contributed by atoms with van der Waals surface area (Å²) in [7, 11) is 0. The number of nitrogens with zero attached hydrogens (tertiary/aromatic N) is 1. The van der Waals surface area contributed by atoms with Crippen molar-refractivity contribution in [2.75, 3.05) is 19.7 Å². The summed E-state index contributed by atoms with van der Waals surface area (Å²) < 4.78 is 5.02. The number of aromatic amines is 1. The van der Waals surface area contributed by atoms with Gasteiger partial charge in [-0.1, -0.05) is 30.3 Å². The summed E-state index contributed by atoms with van der Waals surface area (Å²) in [6.07, 6.45) is 3.19. The maximum absolute atomic E-state index is 12.8. The van der Waals surface area contributed by atoms with Crippen molar-refractivity contribution in [1.82, 2.24) is 9.88 Å². The van der Waals surface area contributed by atoms with Crippen molar-refractivity contribution in [2.45, 2.75) is 27.7 Å². The van der Waals surface area contributed by atoms with Crippen LogP contribution in [0.15, 0.2) is 36.4 Å². The lowest BCUT2D eigenvalue weighted by molar-refractivity contribution is -0.125. The molecule has 6 nitrogen and oxygen atoms in total. The van der Waals surface area contributed by atoms with Crippen molar-refractivity contribution in [2.24, 2.45) is 0 Å². The summed E-state index contributed by atoms with van der Waals surface area (Å²) in [6, 6.07) is 9.49. The molecular formula is C22H26N2O4. The van der Waals surface area contributed by atoms with Gasteiger partial charge in [0.1, 0.15) is 5.69 Å². The number of H-pyrrole nitrogens is 1. The number of carbonyl (C=O) groups is 3. The van der Waals surface area contributed by atoms with Gasteiger partial charge in [0.05, 0.1) is 13.2 Å². The third-order valence-electron chi connectivity index (χ3n) is 4.44. The van der Waals surface area contributed by atoms with E-state index < -0.39 is 5.97 Å². The number of amides is 1. The first kappa shape index (κ1) is 21.2. The minimum atomic E-state index is -0.489. The molecule has 2 rings (SSSR count). The van der Waals surface area contributed by atoms with E-state index >= 15 is 0 Å². The number of esters is 1. The molecule has 0 unspecified atom stereocenters. The van der Waals surface area contributed by atoms with Gasteiger partial charge in [-0.25, -0.2) is 4.79 Å². The van der Waals surface area contributed by atoms with Gasteiger partial charge in [-0.15, -0.1) is 0 Å². The molecule has 1 heterocycles. The van der Waals surface area contributed by atoms with Gasteiger partial charge in [0, 0.05) is 23.9 Å². The molecule has 0 aliphatic rings. The second-order valence-corrected chi connectivity index (χ2v) is 6.37. The molecule has 148 valence electrons. The zero-order valence-electron chi connectivity index (χ0n) is 16.7. The Morgan fingerprint density at radius 3 is 2.39 bits per heavy atom. The van der Waals surface area contributed by atoms with E-state index in [0.717, 1.165) is 5.56 Å². The van der Waals surface area contributed by atoms with Gasteiger partial charge in [0.15, 0.2) is 5.78 Å². The zero-order chi connectivity index (χ0) is 20.7. The summed E-state index contributed by atoms with van der Waals surface area (Å²) in [6.45, 7) is 7.58. The van der Waals surface area contributed by atoms with E-state index in [4.69, 9.17) is 4.74 Å². The van der Waals surface area contributed by atoms with Gasteiger partial charge < -0.3 is 14.6 Å². The molecule has 1 aromatic heterocycles. The monoisotopic (exact) mass is 382 g/mol. The van der Waals surface area contributed by atoms with Gasteiger partial charge in [-0.3, -0.25) is 9.59 Å². The predicted molar refractivity (Wildman–Crippen MR) is 108 cm³/mol. The van der Waals surface area contributed by atoms with Gasteiger partial charge >= 0.3 is 5.97 Å². The minimum Gasteiger partial charge on any atom is -0.461 e. The lowest BCUT2D eigenvalue weighted by Crippen LogP contribution is -2.34. The molecule has 0 spiro atoms. The van der Waals surface area contributed by atoms with E-state index in [1.54, 1.807) is 26.8 Å². The number of aromatic nitrogens is 1. The Hall–Kier alpha value is -3.15. The van der Waals surface area contributed by atoms with E-state index in [0.29, 0.717) is 23.4 Å². The van der Waals surface area contributed by atoms with E-state index in [2.05, 4.69) is 4.98 Å². The molecule has 6 heteroatoms. The fourth-order valence-corrected chi connectivity index (χ4v) is 3.01. The minimum absolute atomic E-state index is 0.0593. The molecule has 2 aromatic rings. The highest BCUT2D eigenvalue weighted by molar-refractivity contribution is 6.05. The Kier molecular flexibility index (Phi) is 7.32. The Labute approximate surface area is 165 Å². The average molecular weight is 382 g/mol. The summed E-state index contributed by atoms with van der Waals surface area (Å²) in [4.78, 5) is 41.8. The first-order valence-electron chi connectivity index (χ1n) is 9.30. The predicted octanol–water partition coefficient (Wildman–Crippen LogP) is 3.55. The SMILES string of the molecule is CCOC(=O)c1[nH]c(C)c(C(=O)CN(CC)C(=O)/C=C/c2ccccc2)c1C. The first-order chi connectivity index (χ1) is 13.4. The number of nitrogens with one attached hydrogen (secondary N) is 1. The van der Waals surface area contributed by atoms with Crippen molar-refractivity contribution in [3.63, 3.8) is 0 Å². The molecular weight excluding hydrogens is 356 g/mol. The smallest absolute Gasteiger partial charge is 0.355 e. The number of likely N-dealkylation sites (N-methyl/N-ethyl adjacent to an activating group) is 1. The van der Waals surface area contributed by atoms with Crippen LogP contribution in [0.3, 0.4) is 0 Å². The summed E-state index contributed by atoms with van der Waals surface area (Å²) in [5, 5.41) is 0. The number of rotatable bonds is 8. The Morgan fingerprint density at radius 2 is 1.79 bits per heavy atom. The lowest BCUT2D eigenvalue weighted by atomic mass is 10.1. The van der Waals surface area contributed by atoms with Crippen molar-refractivity contribution < 1.29 is 19.1 Å². The van der Waals surface area contributed by atoms with Crippen molar-refractivity contribution in [1.29, 1.82) is 0 Å². The second kappa shape index (κ2) is 9.69. The Bertz CT molecular complexity index is 881. The molecule has 0 fully saturated rings. The van der Waals surface area contributed by atoms with Crippen molar-refractivity contribution in [3.8, 4) is 0 Å². The van der Waals surface area contributed by atoms with Crippen molar-refractivity contribution in [3.05, 3.63) is 64.5 Å². The van der Waals surface area contributed by atoms with Crippen LogP contribution in [0.5, 0.6) is 0 Å². The van der Waals surface area contributed by atoms with Crippen LogP contribution in [0.4, 0.5) is 0 Å². The van der Waals surface area contributed by atoms with Crippen LogP contribution in [0.2, 0.25) is 0 Å². The lowest BCUT2D eigenvalue weighted by Gasteiger charge is -2.18. The highest BCUT2D eigenvalue weighted by Gasteiger charge is 2.24. The number of ketones is 1.